The standard InChI is InChI=1S/C27H29NO5S2/c1-30-21-11-16(12-22(31-2)25(21)32-3)20-5-4-19(33-20)13-23-26(29)28(27(34)35-23)24-17-7-14-6-15(9-17)10-18(24)8-14/h4-5,11-15,17-18,24H,6-10H2,1-3H3. The molecule has 1 aromatic heterocycles. The summed E-state index contributed by atoms with van der Waals surface area (Å²) in [6.45, 7) is 0. The minimum absolute atomic E-state index is 0.0307. The summed E-state index contributed by atoms with van der Waals surface area (Å²) in [5.74, 6) is 5.84. The van der Waals surface area contributed by atoms with Gasteiger partial charge in [-0.1, -0.05) is 24.0 Å². The first kappa shape index (κ1) is 23.0. The maximum Gasteiger partial charge on any atom is 0.266 e. The maximum absolute atomic E-state index is 13.5. The van der Waals surface area contributed by atoms with Crippen LogP contribution in [0.3, 0.4) is 0 Å². The van der Waals surface area contributed by atoms with Crippen LogP contribution in [0.2, 0.25) is 0 Å². The normalized spacial score (nSPS) is 30.4. The molecule has 0 N–H and O–H groups in total. The lowest BCUT2D eigenvalue weighted by Gasteiger charge is -2.56. The first-order valence-corrected chi connectivity index (χ1v) is 13.4. The van der Waals surface area contributed by atoms with Crippen molar-refractivity contribution in [3.63, 3.8) is 0 Å². The summed E-state index contributed by atoms with van der Waals surface area (Å²) in [6.07, 6.45) is 8.23. The molecule has 7 rings (SSSR count). The van der Waals surface area contributed by atoms with E-state index in [4.69, 9.17) is 30.8 Å². The lowest BCUT2D eigenvalue weighted by molar-refractivity contribution is -0.130. The van der Waals surface area contributed by atoms with E-state index in [1.807, 2.05) is 35.2 Å². The number of thioether (sulfide) groups is 1. The van der Waals surface area contributed by atoms with Gasteiger partial charge >= 0.3 is 0 Å². The van der Waals surface area contributed by atoms with E-state index in [1.54, 1.807) is 21.3 Å². The summed E-state index contributed by atoms with van der Waals surface area (Å²) in [7, 11) is 4.74. The molecule has 0 spiro atoms. The third-order valence-electron chi connectivity index (χ3n) is 8.15. The van der Waals surface area contributed by atoms with Crippen LogP contribution in [-0.4, -0.2) is 42.5 Å². The van der Waals surface area contributed by atoms with Crippen molar-refractivity contribution in [3.05, 3.63) is 34.9 Å². The van der Waals surface area contributed by atoms with Crippen LogP contribution in [0.1, 0.15) is 37.9 Å². The van der Waals surface area contributed by atoms with Gasteiger partial charge in [-0.15, -0.1) is 0 Å². The smallest absolute Gasteiger partial charge is 0.266 e. The average Bonchev–Trinajstić information content (AvgIpc) is 3.42. The molecule has 8 heteroatoms. The van der Waals surface area contributed by atoms with E-state index in [2.05, 4.69) is 0 Å². The monoisotopic (exact) mass is 511 g/mol. The summed E-state index contributed by atoms with van der Waals surface area (Å²) in [5.41, 5.74) is 0.792. The Morgan fingerprint density at radius 3 is 2.17 bits per heavy atom. The second-order valence-electron chi connectivity index (χ2n) is 10.1. The van der Waals surface area contributed by atoms with Gasteiger partial charge in [-0.05, 0) is 80.0 Å². The molecule has 0 radical (unpaired) electrons. The quantitative estimate of drug-likeness (QED) is 0.348. The van der Waals surface area contributed by atoms with Crippen molar-refractivity contribution in [3.8, 4) is 28.6 Å². The fourth-order valence-corrected chi connectivity index (χ4v) is 8.32. The Hall–Kier alpha value is -2.45. The minimum Gasteiger partial charge on any atom is -0.493 e. The van der Waals surface area contributed by atoms with Crippen LogP contribution in [0, 0.1) is 23.7 Å². The van der Waals surface area contributed by atoms with Crippen LogP contribution in [0.15, 0.2) is 33.6 Å². The van der Waals surface area contributed by atoms with Gasteiger partial charge in [0.15, 0.2) is 11.5 Å². The Labute approximate surface area is 215 Å². The summed E-state index contributed by atoms with van der Waals surface area (Å²) < 4.78 is 23.1. The molecule has 6 nitrogen and oxygen atoms in total. The van der Waals surface area contributed by atoms with Crippen LogP contribution in [0.4, 0.5) is 0 Å². The lowest BCUT2D eigenvalue weighted by atomic mass is 9.54. The molecule has 4 saturated carbocycles. The first-order chi connectivity index (χ1) is 17.0. The predicted molar refractivity (Wildman–Crippen MR) is 140 cm³/mol. The van der Waals surface area contributed by atoms with Crippen molar-refractivity contribution >= 4 is 40.3 Å². The van der Waals surface area contributed by atoms with Gasteiger partial charge in [-0.3, -0.25) is 9.69 Å². The summed E-state index contributed by atoms with van der Waals surface area (Å²) in [6, 6.07) is 7.71. The van der Waals surface area contributed by atoms with Crippen molar-refractivity contribution in [1.82, 2.24) is 4.90 Å². The second kappa shape index (κ2) is 8.89. The number of carbonyl (C=O) groups excluding carboxylic acids is 1. The Morgan fingerprint density at radius 2 is 1.60 bits per heavy atom. The number of amides is 1. The second-order valence-corrected chi connectivity index (χ2v) is 11.8. The third-order valence-corrected chi connectivity index (χ3v) is 9.48. The van der Waals surface area contributed by atoms with E-state index in [1.165, 1.54) is 43.9 Å². The molecular weight excluding hydrogens is 482 g/mol. The molecule has 0 atom stereocenters. The highest BCUT2D eigenvalue weighted by Crippen LogP contribution is 2.56. The number of hydrogen-bond donors (Lipinski definition) is 0. The highest BCUT2D eigenvalue weighted by atomic mass is 32.2. The van der Waals surface area contributed by atoms with Gasteiger partial charge in [0.2, 0.25) is 5.75 Å². The van der Waals surface area contributed by atoms with Gasteiger partial charge in [0.1, 0.15) is 15.8 Å². The molecule has 0 unspecified atom stereocenters. The van der Waals surface area contributed by atoms with Crippen molar-refractivity contribution in [2.24, 2.45) is 23.7 Å². The molecule has 184 valence electrons. The van der Waals surface area contributed by atoms with Crippen LogP contribution in [-0.2, 0) is 4.79 Å². The minimum atomic E-state index is 0.0307. The summed E-state index contributed by atoms with van der Waals surface area (Å²) >= 11 is 7.12. The molecule has 1 amide bonds. The van der Waals surface area contributed by atoms with Crippen molar-refractivity contribution in [2.45, 2.75) is 38.1 Å². The number of methoxy groups -OCH3 is 3. The van der Waals surface area contributed by atoms with Crippen LogP contribution >= 0.6 is 24.0 Å². The average molecular weight is 512 g/mol. The van der Waals surface area contributed by atoms with Crippen LogP contribution in [0.5, 0.6) is 17.2 Å². The fourth-order valence-electron chi connectivity index (χ4n) is 6.99. The number of furan rings is 1. The number of carbonyl (C=O) groups is 1. The number of benzene rings is 1. The predicted octanol–water partition coefficient (Wildman–Crippen LogP) is 6.00. The largest absolute Gasteiger partial charge is 0.493 e. The highest BCUT2D eigenvalue weighted by molar-refractivity contribution is 8.26. The van der Waals surface area contributed by atoms with Crippen LogP contribution < -0.4 is 14.2 Å². The van der Waals surface area contributed by atoms with Gasteiger partial charge < -0.3 is 18.6 Å². The number of hydrogen-bond acceptors (Lipinski definition) is 7. The molecule has 2 heterocycles. The Bertz CT molecular complexity index is 1160. The Morgan fingerprint density at radius 1 is 0.971 bits per heavy atom. The number of rotatable bonds is 6. The topological polar surface area (TPSA) is 61.1 Å². The molecule has 1 aliphatic heterocycles. The maximum atomic E-state index is 13.5. The number of nitrogens with zero attached hydrogens (tertiary/aromatic N) is 1. The van der Waals surface area contributed by atoms with Gasteiger partial charge in [0.05, 0.1) is 26.2 Å². The Balaban J connectivity index is 1.25. The zero-order valence-electron chi connectivity index (χ0n) is 20.1. The zero-order chi connectivity index (χ0) is 24.3. The fraction of sp³-hybridized carbons (Fsp3) is 0.481. The van der Waals surface area contributed by atoms with E-state index in [0.717, 1.165) is 17.4 Å². The molecular formula is C27H29NO5S2. The molecule has 5 fully saturated rings. The Kier molecular flexibility index (Phi) is 5.84. The van der Waals surface area contributed by atoms with E-state index in [0.29, 0.717) is 49.8 Å². The molecule has 4 bridgehead atoms. The summed E-state index contributed by atoms with van der Waals surface area (Å²) in [5, 5.41) is 0. The van der Waals surface area contributed by atoms with E-state index >= 15 is 0 Å². The van der Waals surface area contributed by atoms with E-state index in [-0.39, 0.29) is 11.9 Å². The third kappa shape index (κ3) is 3.85. The number of ether oxygens (including phenoxy) is 3. The first-order valence-electron chi connectivity index (χ1n) is 12.2. The van der Waals surface area contributed by atoms with Crippen molar-refractivity contribution in [2.75, 3.05) is 21.3 Å². The SMILES string of the molecule is COc1cc(-c2ccc(C=C3SC(=S)N(C4C5CC6CC(C5)CC4C6)C3=O)o2)cc(OC)c1OC. The molecule has 1 saturated heterocycles. The van der Waals surface area contributed by atoms with Gasteiger partial charge in [0, 0.05) is 17.7 Å². The molecule has 2 aromatic rings. The lowest BCUT2D eigenvalue weighted by Crippen LogP contribution is -2.57. The van der Waals surface area contributed by atoms with Crippen molar-refractivity contribution < 1.29 is 23.4 Å². The molecule has 4 aliphatic carbocycles. The molecule has 35 heavy (non-hydrogen) atoms. The van der Waals surface area contributed by atoms with Crippen molar-refractivity contribution in [1.29, 1.82) is 0 Å². The zero-order valence-corrected chi connectivity index (χ0v) is 21.7. The van der Waals surface area contributed by atoms with Gasteiger partial charge in [-0.2, -0.15) is 0 Å². The van der Waals surface area contributed by atoms with E-state index < -0.39 is 0 Å². The molecule has 5 aliphatic rings. The van der Waals surface area contributed by atoms with Gasteiger partial charge in [0.25, 0.3) is 5.91 Å². The highest BCUT2D eigenvalue weighted by Gasteiger charge is 2.53. The summed E-state index contributed by atoms with van der Waals surface area (Å²) in [4.78, 5) is 16.1. The van der Waals surface area contributed by atoms with Crippen LogP contribution in [0.25, 0.3) is 17.4 Å². The van der Waals surface area contributed by atoms with E-state index in [9.17, 15) is 4.79 Å². The number of thiocarbonyl (C=S) groups is 1. The van der Waals surface area contributed by atoms with Gasteiger partial charge in [-0.25, -0.2) is 0 Å². The molecule has 1 aromatic carbocycles.